The number of carbonyl (C=O) groups excluding carboxylic acids is 6. The summed E-state index contributed by atoms with van der Waals surface area (Å²) in [5.41, 5.74) is 6.06. The summed E-state index contributed by atoms with van der Waals surface area (Å²) in [6, 6.07) is 5.91. The molecule has 7 amide bonds. The summed E-state index contributed by atoms with van der Waals surface area (Å²) >= 11 is 0. The molecule has 2 aromatic carbocycles. The van der Waals surface area contributed by atoms with Crippen molar-refractivity contribution in [2.24, 2.45) is 0 Å². The SMILES string of the molecule is CC(C)n1nc(S(=O)(=O)NC(=O)Nc2c3c(cc4c2CCC4)CCC3)cc1C(=O)NCCOCCOCCOCCNc1cccc2c1C(=O)N(C1CCC(=O)NC1=O)C2=O. The highest BCUT2D eigenvalue weighted by Gasteiger charge is 2.45. The van der Waals surface area contributed by atoms with Crippen LogP contribution in [0.25, 0.3) is 0 Å². The first-order valence-corrected chi connectivity index (χ1v) is 22.0. The van der Waals surface area contributed by atoms with E-state index in [0.29, 0.717) is 17.9 Å². The van der Waals surface area contributed by atoms with E-state index in [1.807, 2.05) is 0 Å². The summed E-state index contributed by atoms with van der Waals surface area (Å²) in [4.78, 5) is 77.2. The van der Waals surface area contributed by atoms with Gasteiger partial charge in [-0.3, -0.25) is 38.9 Å². The molecule has 0 saturated carbocycles. The zero-order chi connectivity index (χ0) is 43.3. The summed E-state index contributed by atoms with van der Waals surface area (Å²) in [5.74, 6) is -2.84. The fraction of sp³-hybridized carbons (Fsp3) is 0.488. The van der Waals surface area contributed by atoms with Crippen LogP contribution in [0.4, 0.5) is 16.2 Å². The first-order valence-electron chi connectivity index (χ1n) is 20.5. The maximum Gasteiger partial charge on any atom is 0.333 e. The lowest BCUT2D eigenvalue weighted by Crippen LogP contribution is -2.54. The number of anilines is 2. The molecule has 19 nitrogen and oxygen atoms in total. The first-order chi connectivity index (χ1) is 29.3. The number of hydrogen-bond donors (Lipinski definition) is 5. The van der Waals surface area contributed by atoms with Crippen molar-refractivity contribution in [3.8, 4) is 0 Å². The highest BCUT2D eigenvalue weighted by molar-refractivity contribution is 7.90. The summed E-state index contributed by atoms with van der Waals surface area (Å²) in [5, 5.41) is 14.5. The van der Waals surface area contributed by atoms with Gasteiger partial charge in [0.1, 0.15) is 11.7 Å². The van der Waals surface area contributed by atoms with Crippen LogP contribution >= 0.6 is 0 Å². The molecule has 20 heteroatoms. The molecule has 0 bridgehead atoms. The van der Waals surface area contributed by atoms with Gasteiger partial charge in [-0.2, -0.15) is 13.5 Å². The van der Waals surface area contributed by atoms with Gasteiger partial charge in [0.05, 0.1) is 50.8 Å². The van der Waals surface area contributed by atoms with Crippen LogP contribution in [-0.2, 0) is 59.5 Å². The summed E-state index contributed by atoms with van der Waals surface area (Å²) in [6.07, 6.45) is 5.61. The van der Waals surface area contributed by atoms with E-state index in [-0.39, 0.29) is 81.9 Å². The second-order valence-corrected chi connectivity index (χ2v) is 17.0. The molecule has 1 fully saturated rings. The molecule has 3 heterocycles. The predicted octanol–water partition coefficient (Wildman–Crippen LogP) is 2.24. The number of aromatic nitrogens is 2. The van der Waals surface area contributed by atoms with E-state index >= 15 is 0 Å². The number of fused-ring (bicyclic) bond motifs is 3. The minimum Gasteiger partial charge on any atom is -0.382 e. The molecule has 2 aliphatic carbocycles. The minimum absolute atomic E-state index is 0.0145. The number of sulfonamides is 1. The van der Waals surface area contributed by atoms with Crippen LogP contribution in [0.15, 0.2) is 35.4 Å². The summed E-state index contributed by atoms with van der Waals surface area (Å²) in [7, 11) is -4.41. The van der Waals surface area contributed by atoms with Crippen molar-refractivity contribution in [1.29, 1.82) is 0 Å². The first kappa shape index (κ1) is 43.4. The molecule has 0 spiro atoms. The number of urea groups is 1. The Kier molecular flexibility index (Phi) is 13.5. The maximum atomic E-state index is 13.3. The van der Waals surface area contributed by atoms with E-state index in [1.54, 1.807) is 26.0 Å². The van der Waals surface area contributed by atoms with Gasteiger partial charge in [0, 0.05) is 43.0 Å². The Balaban J connectivity index is 0.778. The number of imide groups is 2. The second kappa shape index (κ2) is 18.9. The van der Waals surface area contributed by atoms with Gasteiger partial charge >= 0.3 is 6.03 Å². The molecule has 5 N–H and O–H groups in total. The Hall–Kier alpha value is -5.70. The Morgan fingerprint density at radius 1 is 0.852 bits per heavy atom. The highest BCUT2D eigenvalue weighted by Crippen LogP contribution is 2.39. The molecule has 7 rings (SSSR count). The number of amides is 7. The van der Waals surface area contributed by atoms with Crippen LogP contribution in [0.2, 0.25) is 0 Å². The number of hydrogen-bond acceptors (Lipinski definition) is 13. The lowest BCUT2D eigenvalue weighted by molar-refractivity contribution is -0.136. The molecule has 61 heavy (non-hydrogen) atoms. The van der Waals surface area contributed by atoms with E-state index < -0.39 is 56.7 Å². The monoisotopic (exact) mass is 862 g/mol. The fourth-order valence-electron chi connectivity index (χ4n) is 8.14. The molecule has 1 unspecified atom stereocenters. The van der Waals surface area contributed by atoms with Gasteiger partial charge in [0.15, 0.2) is 5.03 Å². The van der Waals surface area contributed by atoms with Crippen LogP contribution in [0.1, 0.15) is 99.0 Å². The summed E-state index contributed by atoms with van der Waals surface area (Å²) < 4.78 is 46.7. The smallest absolute Gasteiger partial charge is 0.333 e. The van der Waals surface area contributed by atoms with E-state index in [4.69, 9.17) is 14.2 Å². The molecule has 0 radical (unpaired) electrons. The van der Waals surface area contributed by atoms with Crippen molar-refractivity contribution >= 4 is 57.0 Å². The van der Waals surface area contributed by atoms with Crippen molar-refractivity contribution in [2.75, 3.05) is 63.4 Å². The third-order valence-corrected chi connectivity index (χ3v) is 12.2. The number of nitrogens with zero attached hydrogens (tertiary/aromatic N) is 3. The van der Waals surface area contributed by atoms with Crippen molar-refractivity contribution < 1.29 is 51.4 Å². The Morgan fingerprint density at radius 2 is 1.51 bits per heavy atom. The van der Waals surface area contributed by atoms with Gasteiger partial charge in [0.25, 0.3) is 27.7 Å². The number of rotatable bonds is 19. The minimum atomic E-state index is -4.41. The lowest BCUT2D eigenvalue weighted by Gasteiger charge is -2.27. The third kappa shape index (κ3) is 9.61. The van der Waals surface area contributed by atoms with Crippen LogP contribution in [0.3, 0.4) is 0 Å². The predicted molar refractivity (Wildman–Crippen MR) is 219 cm³/mol. The summed E-state index contributed by atoms with van der Waals surface area (Å²) in [6.45, 7) is 5.48. The van der Waals surface area contributed by atoms with Gasteiger partial charge in [-0.1, -0.05) is 12.1 Å². The average Bonchev–Trinajstić information content (AvgIpc) is 4.04. The van der Waals surface area contributed by atoms with Crippen molar-refractivity contribution in [3.63, 3.8) is 0 Å². The fourth-order valence-corrected chi connectivity index (χ4v) is 9.00. The molecular weight excluding hydrogens is 813 g/mol. The van der Waals surface area contributed by atoms with E-state index in [1.165, 1.54) is 21.9 Å². The molecule has 2 aliphatic heterocycles. The molecule has 4 aliphatic rings. The maximum absolute atomic E-state index is 13.3. The molecular formula is C41H50N8O11S. The molecule has 326 valence electrons. The van der Waals surface area contributed by atoms with E-state index in [9.17, 15) is 37.2 Å². The number of nitrogens with one attached hydrogen (secondary N) is 5. The molecule has 3 aromatic rings. The average molecular weight is 863 g/mol. The lowest BCUT2D eigenvalue weighted by atomic mass is 9.99. The van der Waals surface area contributed by atoms with Crippen LogP contribution in [0.5, 0.6) is 0 Å². The van der Waals surface area contributed by atoms with Gasteiger partial charge in [-0.15, -0.1) is 0 Å². The largest absolute Gasteiger partial charge is 0.382 e. The van der Waals surface area contributed by atoms with Gasteiger partial charge in [-0.25, -0.2) is 9.52 Å². The van der Waals surface area contributed by atoms with Gasteiger partial charge in [0.2, 0.25) is 11.8 Å². The zero-order valence-electron chi connectivity index (χ0n) is 34.1. The van der Waals surface area contributed by atoms with Gasteiger partial charge < -0.3 is 30.2 Å². The van der Waals surface area contributed by atoms with Gasteiger partial charge in [-0.05, 0) is 93.2 Å². The van der Waals surface area contributed by atoms with Crippen LogP contribution in [0, 0.1) is 0 Å². The standard InChI is InChI=1S/C41H50N8O11S/c1-24(2)49-32(23-34(46-49)61(56,57)47-41(55)45-36-27-8-3-6-25(27)22-26-7-4-9-28(26)36)37(51)43-15-17-59-19-21-60-20-18-58-16-14-42-30-11-5-10-29-35(30)40(54)48(39(29)53)31-12-13-33(50)44-38(31)52/h5,10-11,22-24,31,42H,3-4,6-9,12-21H2,1-2H3,(H,43,51)(H,44,50,52)(H2,45,47,55). The quantitative estimate of drug-likeness (QED) is 0.0859. The molecule has 1 saturated heterocycles. The van der Waals surface area contributed by atoms with Crippen molar-refractivity contribution in [1.82, 2.24) is 30.0 Å². The number of ether oxygens (including phenoxy) is 3. The second-order valence-electron chi connectivity index (χ2n) is 15.4. The van der Waals surface area contributed by atoms with Crippen molar-refractivity contribution in [3.05, 3.63) is 69.4 Å². The number of piperidine rings is 1. The normalized spacial score (nSPS) is 17.0. The van der Waals surface area contributed by atoms with E-state index in [2.05, 4.69) is 37.2 Å². The Labute approximate surface area is 352 Å². The molecule has 1 aromatic heterocycles. The van der Waals surface area contributed by atoms with Crippen molar-refractivity contribution in [2.45, 2.75) is 82.3 Å². The highest BCUT2D eigenvalue weighted by atomic mass is 32.2. The van der Waals surface area contributed by atoms with Crippen LogP contribution < -0.4 is 26.0 Å². The van der Waals surface area contributed by atoms with Crippen LogP contribution in [-0.4, -0.2) is 117 Å². The Bertz CT molecular complexity index is 2310. The van der Waals surface area contributed by atoms with E-state index in [0.717, 1.165) is 60.6 Å². The number of carbonyl (C=O) groups is 6. The number of benzene rings is 2. The topological polar surface area (TPSA) is 245 Å². The zero-order valence-corrected chi connectivity index (χ0v) is 34.9. The Morgan fingerprint density at radius 3 is 2.16 bits per heavy atom. The third-order valence-electron chi connectivity index (χ3n) is 11.0. The number of aryl methyl sites for hydroxylation is 2. The molecule has 1 atom stereocenters.